The van der Waals surface area contributed by atoms with Gasteiger partial charge in [0.1, 0.15) is 12.2 Å². The van der Waals surface area contributed by atoms with Gasteiger partial charge in [-0.1, -0.05) is 25.8 Å². The van der Waals surface area contributed by atoms with E-state index >= 15 is 0 Å². The number of likely N-dealkylation sites (N-methyl/N-ethyl adjacent to an activating group) is 1. The highest BCUT2D eigenvalue weighted by Crippen LogP contribution is 2.23. The highest BCUT2D eigenvalue weighted by Gasteiger charge is 2.21. The van der Waals surface area contributed by atoms with E-state index in [0.717, 1.165) is 24.0 Å². The average molecular weight is 289 g/mol. The molecule has 1 aromatic heterocycles. The monoisotopic (exact) mass is 289 g/mol. The molecule has 0 saturated heterocycles. The highest BCUT2D eigenvalue weighted by molar-refractivity contribution is 5.55. The average Bonchev–Trinajstić information content (AvgIpc) is 2.80. The van der Waals surface area contributed by atoms with E-state index in [1.165, 1.54) is 12.8 Å². The van der Waals surface area contributed by atoms with Gasteiger partial charge in [0.05, 0.1) is 26.0 Å². The first-order valence-electron chi connectivity index (χ1n) is 7.52. The van der Waals surface area contributed by atoms with E-state index in [9.17, 15) is 0 Å². The lowest BCUT2D eigenvalue weighted by atomic mass is 10.3. The lowest BCUT2D eigenvalue weighted by molar-refractivity contribution is -0.877. The summed E-state index contributed by atoms with van der Waals surface area (Å²) in [5.41, 5.74) is 6.78. The van der Waals surface area contributed by atoms with Crippen molar-refractivity contribution < 1.29 is 4.48 Å². The van der Waals surface area contributed by atoms with Crippen LogP contribution in [0, 0.1) is 0 Å². The Labute approximate surface area is 126 Å². The van der Waals surface area contributed by atoms with Crippen LogP contribution >= 0.6 is 0 Å². The summed E-state index contributed by atoms with van der Waals surface area (Å²) in [6.07, 6.45) is 13.5. The third kappa shape index (κ3) is 4.26. The molecule has 6 nitrogen and oxygen atoms in total. The number of allylic oxidation sites excluding steroid dienone is 2. The van der Waals surface area contributed by atoms with E-state index in [4.69, 9.17) is 5.73 Å². The molecule has 2 rings (SSSR count). The molecule has 1 aliphatic heterocycles. The number of quaternary nitrogens is 1. The summed E-state index contributed by atoms with van der Waals surface area (Å²) in [5, 5.41) is 12.7. The Morgan fingerprint density at radius 3 is 2.95 bits per heavy atom. The topological polar surface area (TPSA) is 68.6 Å². The van der Waals surface area contributed by atoms with Crippen LogP contribution in [-0.4, -0.2) is 34.4 Å². The molecule has 1 unspecified atom stereocenters. The second-order valence-electron chi connectivity index (χ2n) is 5.66. The fourth-order valence-corrected chi connectivity index (χ4v) is 2.24. The van der Waals surface area contributed by atoms with Crippen molar-refractivity contribution in [3.8, 4) is 0 Å². The van der Waals surface area contributed by atoms with Gasteiger partial charge in [0.25, 0.3) is 0 Å². The summed E-state index contributed by atoms with van der Waals surface area (Å²) in [6.45, 7) is 4.55. The van der Waals surface area contributed by atoms with Gasteiger partial charge in [-0.3, -0.25) is 4.48 Å². The van der Waals surface area contributed by atoms with Gasteiger partial charge < -0.3 is 5.73 Å². The third-order valence-electron chi connectivity index (χ3n) is 3.57. The number of hydrogen-bond donors (Lipinski definition) is 1. The quantitative estimate of drug-likeness (QED) is 0.475. The molecule has 2 heterocycles. The third-order valence-corrected chi connectivity index (χ3v) is 3.57. The standard InChI is InChI=1S/C15H25N6/c1-3-4-6-9-17-19-14-12-18-20(15(14)16)13-21(2)10-7-5-8-11-21/h5,7-8,10,12H,3-4,6,9,11,13,16H2,1-2H3/q+1/b19-17+. The molecular weight excluding hydrogens is 264 g/mol. The van der Waals surface area contributed by atoms with Crippen LogP contribution in [0.4, 0.5) is 11.5 Å². The molecule has 0 aromatic carbocycles. The van der Waals surface area contributed by atoms with E-state index in [1.54, 1.807) is 10.9 Å². The Morgan fingerprint density at radius 2 is 2.24 bits per heavy atom. The van der Waals surface area contributed by atoms with Crippen molar-refractivity contribution in [3.05, 3.63) is 30.6 Å². The first-order chi connectivity index (χ1) is 10.1. The minimum Gasteiger partial charge on any atom is -0.382 e. The Morgan fingerprint density at radius 1 is 1.38 bits per heavy atom. The number of azo groups is 1. The Balaban J connectivity index is 1.97. The molecule has 1 aliphatic rings. The molecule has 0 aliphatic carbocycles. The van der Waals surface area contributed by atoms with Gasteiger partial charge in [0.15, 0.2) is 12.5 Å². The van der Waals surface area contributed by atoms with Crippen molar-refractivity contribution in [1.29, 1.82) is 0 Å². The first-order valence-corrected chi connectivity index (χ1v) is 7.52. The van der Waals surface area contributed by atoms with Crippen LogP contribution in [0.2, 0.25) is 0 Å². The zero-order valence-electron chi connectivity index (χ0n) is 12.9. The normalized spacial score (nSPS) is 21.4. The second-order valence-corrected chi connectivity index (χ2v) is 5.66. The number of anilines is 1. The van der Waals surface area contributed by atoms with E-state index in [1.807, 2.05) is 0 Å². The maximum Gasteiger partial charge on any atom is 0.180 e. The van der Waals surface area contributed by atoms with Gasteiger partial charge >= 0.3 is 0 Å². The van der Waals surface area contributed by atoms with Gasteiger partial charge in [-0.15, -0.1) is 0 Å². The van der Waals surface area contributed by atoms with E-state index in [-0.39, 0.29) is 0 Å². The molecule has 6 heteroatoms. The predicted molar refractivity (Wildman–Crippen MR) is 84.9 cm³/mol. The van der Waals surface area contributed by atoms with Crippen LogP contribution in [0.25, 0.3) is 0 Å². The molecule has 2 N–H and O–H groups in total. The zero-order chi connectivity index (χ0) is 15.1. The van der Waals surface area contributed by atoms with Crippen molar-refractivity contribution in [1.82, 2.24) is 9.78 Å². The van der Waals surface area contributed by atoms with Gasteiger partial charge in [-0.05, 0) is 18.6 Å². The lowest BCUT2D eigenvalue weighted by Crippen LogP contribution is -2.41. The summed E-state index contributed by atoms with van der Waals surface area (Å²) in [4.78, 5) is 0. The van der Waals surface area contributed by atoms with Crippen LogP contribution < -0.4 is 5.73 Å². The van der Waals surface area contributed by atoms with Crippen LogP contribution in [0.15, 0.2) is 40.9 Å². The van der Waals surface area contributed by atoms with E-state index < -0.39 is 0 Å². The molecule has 0 fully saturated rings. The van der Waals surface area contributed by atoms with Crippen LogP contribution in [-0.2, 0) is 6.67 Å². The lowest BCUT2D eigenvalue weighted by Gasteiger charge is -2.30. The molecule has 0 bridgehead atoms. The Bertz CT molecular complexity index is 542. The number of nitrogens with two attached hydrogens (primary N) is 1. The van der Waals surface area contributed by atoms with Gasteiger partial charge in [-0.25, -0.2) is 0 Å². The molecule has 0 radical (unpaired) electrons. The summed E-state index contributed by atoms with van der Waals surface area (Å²) in [6, 6.07) is 0. The first kappa shape index (κ1) is 15.4. The summed E-state index contributed by atoms with van der Waals surface area (Å²) >= 11 is 0. The Hall–Kier alpha value is -1.95. The molecule has 0 spiro atoms. The number of aromatic nitrogens is 2. The van der Waals surface area contributed by atoms with Crippen LogP contribution in [0.5, 0.6) is 0 Å². The fourth-order valence-electron chi connectivity index (χ4n) is 2.24. The van der Waals surface area contributed by atoms with Gasteiger partial charge in [0.2, 0.25) is 0 Å². The molecule has 21 heavy (non-hydrogen) atoms. The molecule has 1 atom stereocenters. The second kappa shape index (κ2) is 7.17. The van der Waals surface area contributed by atoms with E-state index in [2.05, 4.69) is 53.7 Å². The maximum atomic E-state index is 6.11. The largest absolute Gasteiger partial charge is 0.382 e. The summed E-state index contributed by atoms with van der Waals surface area (Å²) < 4.78 is 2.54. The van der Waals surface area contributed by atoms with Crippen molar-refractivity contribution in [2.24, 2.45) is 10.2 Å². The maximum absolute atomic E-state index is 6.11. The summed E-state index contributed by atoms with van der Waals surface area (Å²) in [7, 11) is 2.15. The predicted octanol–water partition coefficient (Wildman–Crippen LogP) is 3.23. The minimum atomic E-state index is 0.580. The van der Waals surface area contributed by atoms with Gasteiger partial charge in [0, 0.05) is 0 Å². The molecular formula is C15H25N6+. The minimum absolute atomic E-state index is 0.580. The van der Waals surface area contributed by atoms with Crippen molar-refractivity contribution >= 4 is 11.5 Å². The number of nitrogens with zero attached hydrogens (tertiary/aromatic N) is 5. The fraction of sp³-hybridized carbons (Fsp3) is 0.533. The van der Waals surface area contributed by atoms with Crippen LogP contribution in [0.1, 0.15) is 26.2 Å². The zero-order valence-corrected chi connectivity index (χ0v) is 12.9. The molecule has 114 valence electrons. The van der Waals surface area contributed by atoms with Crippen molar-refractivity contribution in [2.45, 2.75) is 32.9 Å². The number of nitrogen functional groups attached to an aromatic ring is 1. The molecule has 0 amide bonds. The smallest absolute Gasteiger partial charge is 0.180 e. The van der Waals surface area contributed by atoms with Crippen molar-refractivity contribution in [2.75, 3.05) is 25.9 Å². The van der Waals surface area contributed by atoms with Crippen LogP contribution in [0.3, 0.4) is 0 Å². The number of rotatable bonds is 7. The Kier molecular flexibility index (Phi) is 5.27. The molecule has 1 aromatic rings. The van der Waals surface area contributed by atoms with Gasteiger partial charge in [-0.2, -0.15) is 20.0 Å². The summed E-state index contributed by atoms with van der Waals surface area (Å²) in [5.74, 6) is 0.580. The number of unbranched alkanes of at least 4 members (excludes halogenated alkanes) is 2. The SMILES string of the molecule is CCCCC/N=N/c1cnn(C[N+]2(C)C=CC=CC2)c1N. The number of hydrogen-bond acceptors (Lipinski definition) is 4. The van der Waals surface area contributed by atoms with Crippen molar-refractivity contribution in [3.63, 3.8) is 0 Å². The highest BCUT2D eigenvalue weighted by atomic mass is 15.5. The molecule has 0 saturated carbocycles. The van der Waals surface area contributed by atoms with E-state index in [0.29, 0.717) is 18.2 Å².